The summed E-state index contributed by atoms with van der Waals surface area (Å²) in [7, 11) is 0. The molecule has 0 unspecified atom stereocenters. The molecule has 7 heteroatoms. The lowest BCUT2D eigenvalue weighted by Gasteiger charge is -2.07. The third-order valence-corrected chi connectivity index (χ3v) is 1.44. The van der Waals surface area contributed by atoms with Gasteiger partial charge in [0, 0.05) is 18.3 Å². The van der Waals surface area contributed by atoms with Crippen LogP contribution in [0.15, 0.2) is 12.4 Å². The van der Waals surface area contributed by atoms with Crippen molar-refractivity contribution >= 4 is 17.5 Å². The molecule has 1 amide bonds. The van der Waals surface area contributed by atoms with Gasteiger partial charge in [-0.1, -0.05) is 0 Å². The highest BCUT2D eigenvalue weighted by molar-refractivity contribution is 6.32. The molecular formula is C6H6ClF2N3O. The predicted octanol–water partition coefficient (Wildman–Crippen LogP) is 0.857. The summed E-state index contributed by atoms with van der Waals surface area (Å²) >= 11 is 4.45. The van der Waals surface area contributed by atoms with E-state index in [1.807, 2.05) is 5.32 Å². The maximum absolute atomic E-state index is 12.1. The number of hydrogen-bond acceptors (Lipinski definition) is 2. The van der Waals surface area contributed by atoms with Crippen LogP contribution in [0.2, 0.25) is 0 Å². The van der Waals surface area contributed by atoms with Crippen molar-refractivity contribution in [1.82, 2.24) is 15.5 Å². The summed E-state index contributed by atoms with van der Waals surface area (Å²) < 4.78 is 24.1. The van der Waals surface area contributed by atoms with Gasteiger partial charge in [0.25, 0.3) is 0 Å². The van der Waals surface area contributed by atoms with Crippen LogP contribution >= 0.6 is 11.6 Å². The Kier molecular flexibility index (Phi) is 2.82. The summed E-state index contributed by atoms with van der Waals surface area (Å²) in [5, 5.41) is 4.12. The van der Waals surface area contributed by atoms with Gasteiger partial charge in [0.05, 0.1) is 6.20 Å². The standard InChI is InChI=1S/C6H6ClF2N3O/c7-6(8,9)5(13)10-1-4-2-11-12-3-4/h2-3H,1H2,(H,10,13)(H,11,12). The van der Waals surface area contributed by atoms with Crippen molar-refractivity contribution in [1.29, 1.82) is 0 Å². The number of hydrogen-bond donors (Lipinski definition) is 2. The number of rotatable bonds is 3. The third-order valence-electron chi connectivity index (χ3n) is 1.27. The molecule has 0 aliphatic heterocycles. The largest absolute Gasteiger partial charge is 0.399 e. The third kappa shape index (κ3) is 2.98. The van der Waals surface area contributed by atoms with Gasteiger partial charge in [-0.2, -0.15) is 13.9 Å². The molecule has 0 aliphatic carbocycles. The molecule has 2 N–H and O–H groups in total. The molecule has 0 saturated heterocycles. The number of carbonyl (C=O) groups excluding carboxylic acids is 1. The fourth-order valence-electron chi connectivity index (χ4n) is 0.657. The van der Waals surface area contributed by atoms with Crippen molar-refractivity contribution < 1.29 is 13.6 Å². The quantitative estimate of drug-likeness (QED) is 0.726. The first-order valence-electron chi connectivity index (χ1n) is 3.33. The van der Waals surface area contributed by atoms with Gasteiger partial charge >= 0.3 is 11.3 Å². The number of nitrogens with one attached hydrogen (secondary N) is 2. The van der Waals surface area contributed by atoms with Gasteiger partial charge < -0.3 is 5.32 Å². The highest BCUT2D eigenvalue weighted by Gasteiger charge is 2.35. The molecule has 0 bridgehead atoms. The lowest BCUT2D eigenvalue weighted by molar-refractivity contribution is -0.135. The number of aromatic amines is 1. The van der Waals surface area contributed by atoms with E-state index in [-0.39, 0.29) is 6.54 Å². The molecule has 1 aromatic heterocycles. The number of halogens is 3. The van der Waals surface area contributed by atoms with Crippen LogP contribution in [0.5, 0.6) is 0 Å². The second kappa shape index (κ2) is 3.69. The maximum atomic E-state index is 12.1. The van der Waals surface area contributed by atoms with Crippen LogP contribution in [0.1, 0.15) is 5.56 Å². The predicted molar refractivity (Wildman–Crippen MR) is 41.2 cm³/mol. The molecule has 4 nitrogen and oxygen atoms in total. The van der Waals surface area contributed by atoms with Gasteiger partial charge in [0.2, 0.25) is 0 Å². The van der Waals surface area contributed by atoms with Gasteiger partial charge in [-0.05, 0) is 11.6 Å². The smallest absolute Gasteiger partial charge is 0.346 e. The van der Waals surface area contributed by atoms with Crippen molar-refractivity contribution in [2.75, 3.05) is 0 Å². The SMILES string of the molecule is O=C(NCc1cn[nH]c1)C(F)(F)Cl. The van der Waals surface area contributed by atoms with Gasteiger partial charge in [0.15, 0.2) is 0 Å². The highest BCUT2D eigenvalue weighted by atomic mass is 35.5. The molecular weight excluding hydrogens is 204 g/mol. The number of alkyl halides is 3. The monoisotopic (exact) mass is 209 g/mol. The van der Waals surface area contributed by atoms with Crippen LogP contribution in [0.3, 0.4) is 0 Å². The van der Waals surface area contributed by atoms with E-state index in [1.165, 1.54) is 12.4 Å². The molecule has 1 aromatic rings. The summed E-state index contributed by atoms with van der Waals surface area (Å²) in [6.07, 6.45) is 2.89. The van der Waals surface area contributed by atoms with Crippen molar-refractivity contribution in [3.05, 3.63) is 18.0 Å². The zero-order valence-electron chi connectivity index (χ0n) is 6.35. The highest BCUT2D eigenvalue weighted by Crippen LogP contribution is 2.18. The fourth-order valence-corrected chi connectivity index (χ4v) is 0.724. The summed E-state index contributed by atoms with van der Waals surface area (Å²) in [6, 6.07) is 0. The van der Waals surface area contributed by atoms with Gasteiger partial charge in [-0.15, -0.1) is 0 Å². The Labute approximate surface area is 77.3 Å². The van der Waals surface area contributed by atoms with E-state index in [0.717, 1.165) is 0 Å². The topological polar surface area (TPSA) is 57.8 Å². The van der Waals surface area contributed by atoms with Crippen LogP contribution in [-0.2, 0) is 11.3 Å². The van der Waals surface area contributed by atoms with E-state index >= 15 is 0 Å². The number of amides is 1. The average molecular weight is 210 g/mol. The van der Waals surface area contributed by atoms with Crippen molar-refractivity contribution in [2.45, 2.75) is 11.9 Å². The second-order valence-electron chi connectivity index (χ2n) is 2.29. The van der Waals surface area contributed by atoms with E-state index in [4.69, 9.17) is 0 Å². The molecule has 0 saturated carbocycles. The van der Waals surface area contributed by atoms with E-state index in [2.05, 4.69) is 21.8 Å². The normalized spacial score (nSPS) is 11.3. The number of aromatic nitrogens is 2. The van der Waals surface area contributed by atoms with Crippen molar-refractivity contribution in [2.24, 2.45) is 0 Å². The molecule has 0 spiro atoms. The Morgan fingerprint density at radius 3 is 2.92 bits per heavy atom. The summed E-state index contributed by atoms with van der Waals surface area (Å²) in [6.45, 7) is -0.0301. The minimum Gasteiger partial charge on any atom is -0.346 e. The molecule has 13 heavy (non-hydrogen) atoms. The van der Waals surface area contributed by atoms with Gasteiger partial charge in [0.1, 0.15) is 0 Å². The molecule has 1 rings (SSSR count). The summed E-state index contributed by atoms with van der Waals surface area (Å²) in [4.78, 5) is 10.5. The Morgan fingerprint density at radius 1 is 1.77 bits per heavy atom. The maximum Gasteiger partial charge on any atom is 0.399 e. The first kappa shape index (κ1) is 9.91. The molecule has 1 heterocycles. The zero-order valence-corrected chi connectivity index (χ0v) is 7.11. The van der Waals surface area contributed by atoms with Crippen LogP contribution in [0.4, 0.5) is 8.78 Å². The van der Waals surface area contributed by atoms with E-state index in [1.54, 1.807) is 0 Å². The van der Waals surface area contributed by atoms with Crippen LogP contribution in [0, 0.1) is 0 Å². The summed E-state index contributed by atoms with van der Waals surface area (Å²) in [5.41, 5.74) is 0.592. The average Bonchev–Trinajstić information content (AvgIpc) is 2.50. The molecule has 0 aliphatic rings. The first-order valence-corrected chi connectivity index (χ1v) is 3.70. The molecule has 0 radical (unpaired) electrons. The zero-order chi connectivity index (χ0) is 9.90. The van der Waals surface area contributed by atoms with Gasteiger partial charge in [-0.25, -0.2) is 0 Å². The Bertz CT molecular complexity index is 283. The fraction of sp³-hybridized carbons (Fsp3) is 0.333. The summed E-state index contributed by atoms with van der Waals surface area (Å²) in [5.74, 6) is -1.52. The second-order valence-corrected chi connectivity index (χ2v) is 2.76. The van der Waals surface area contributed by atoms with Crippen molar-refractivity contribution in [3.63, 3.8) is 0 Å². The lowest BCUT2D eigenvalue weighted by Crippen LogP contribution is -2.35. The van der Waals surface area contributed by atoms with Gasteiger partial charge in [-0.3, -0.25) is 9.89 Å². The Balaban J connectivity index is 2.40. The minimum atomic E-state index is -3.86. The first-order chi connectivity index (χ1) is 6.00. The number of H-pyrrole nitrogens is 1. The van der Waals surface area contributed by atoms with Crippen molar-refractivity contribution in [3.8, 4) is 0 Å². The minimum absolute atomic E-state index is 0.0301. The molecule has 0 aromatic carbocycles. The number of carbonyl (C=O) groups is 1. The number of nitrogens with zero attached hydrogens (tertiary/aromatic N) is 1. The van der Waals surface area contributed by atoms with Crippen LogP contribution < -0.4 is 5.32 Å². The Morgan fingerprint density at radius 2 is 2.46 bits per heavy atom. The molecule has 72 valence electrons. The van der Waals surface area contributed by atoms with E-state index < -0.39 is 11.3 Å². The molecule has 0 atom stereocenters. The van der Waals surface area contributed by atoms with E-state index in [9.17, 15) is 13.6 Å². The molecule has 0 fully saturated rings. The Hall–Kier alpha value is -1.17. The lowest BCUT2D eigenvalue weighted by atomic mass is 10.3. The van der Waals surface area contributed by atoms with Crippen LogP contribution in [0.25, 0.3) is 0 Å². The van der Waals surface area contributed by atoms with E-state index in [0.29, 0.717) is 5.56 Å². The van der Waals surface area contributed by atoms with Crippen LogP contribution in [-0.4, -0.2) is 21.5 Å².